The average molecular weight is 298 g/mol. The number of nitrogens with zero attached hydrogens (tertiary/aromatic N) is 1. The first kappa shape index (κ1) is 17.4. The van der Waals surface area contributed by atoms with E-state index in [1.165, 1.54) is 0 Å². The van der Waals surface area contributed by atoms with Crippen molar-refractivity contribution in [3.05, 3.63) is 0 Å². The van der Waals surface area contributed by atoms with Gasteiger partial charge in [-0.05, 0) is 19.3 Å². The molecule has 0 aromatic rings. The summed E-state index contributed by atoms with van der Waals surface area (Å²) in [6, 6.07) is 0. The third kappa shape index (κ3) is 6.12. The number of unbranched alkanes of at least 4 members (excludes halogenated alkanes) is 1. The highest BCUT2D eigenvalue weighted by atomic mass is 16.2. The second-order valence-corrected chi connectivity index (χ2v) is 5.30. The number of likely N-dealkylation sites (tertiary alicyclic amines) is 1. The molecule has 1 aliphatic heterocycles. The molecule has 0 saturated carbocycles. The van der Waals surface area contributed by atoms with Crippen LogP contribution in [-0.2, 0) is 14.4 Å². The Hall–Kier alpha value is -1.63. The van der Waals surface area contributed by atoms with E-state index in [2.05, 4.69) is 17.6 Å². The lowest BCUT2D eigenvalue weighted by Crippen LogP contribution is -2.48. The summed E-state index contributed by atoms with van der Waals surface area (Å²) in [7, 11) is 0. The molecule has 120 valence electrons. The Morgan fingerprint density at radius 3 is 2.71 bits per heavy atom. The van der Waals surface area contributed by atoms with Crippen molar-refractivity contribution < 1.29 is 14.4 Å². The topological polar surface area (TPSA) is 105 Å². The SMILES string of the molecule is CCCCNC(=O)C1CCCN(C(=O)CNC(=O)CN)C1. The fraction of sp³-hybridized carbons (Fsp3) is 0.786. The van der Waals surface area contributed by atoms with Crippen molar-refractivity contribution in [3.8, 4) is 0 Å². The standard InChI is InChI=1S/C14H26N4O3/c1-2-3-6-16-14(21)11-5-4-7-18(10-11)13(20)9-17-12(19)8-15/h11H,2-10,15H2,1H3,(H,16,21)(H,17,19). The molecule has 1 saturated heterocycles. The quantitative estimate of drug-likeness (QED) is 0.536. The second kappa shape index (κ2) is 9.33. The zero-order valence-electron chi connectivity index (χ0n) is 12.7. The molecule has 21 heavy (non-hydrogen) atoms. The third-order valence-electron chi connectivity index (χ3n) is 3.60. The number of carbonyl (C=O) groups is 3. The lowest BCUT2D eigenvalue weighted by atomic mass is 9.97. The Morgan fingerprint density at radius 1 is 1.29 bits per heavy atom. The molecule has 1 heterocycles. The van der Waals surface area contributed by atoms with E-state index in [1.807, 2.05) is 0 Å². The van der Waals surface area contributed by atoms with Crippen LogP contribution in [0, 0.1) is 5.92 Å². The summed E-state index contributed by atoms with van der Waals surface area (Å²) in [4.78, 5) is 36.7. The predicted molar refractivity (Wildman–Crippen MR) is 79.3 cm³/mol. The van der Waals surface area contributed by atoms with Gasteiger partial charge in [0.15, 0.2) is 0 Å². The van der Waals surface area contributed by atoms with Gasteiger partial charge in [-0.2, -0.15) is 0 Å². The van der Waals surface area contributed by atoms with Gasteiger partial charge in [-0.15, -0.1) is 0 Å². The van der Waals surface area contributed by atoms with Crippen LogP contribution < -0.4 is 16.4 Å². The molecule has 0 aromatic carbocycles. The number of hydrogen-bond acceptors (Lipinski definition) is 4. The van der Waals surface area contributed by atoms with Crippen LogP contribution in [0.1, 0.15) is 32.6 Å². The number of nitrogens with two attached hydrogens (primary N) is 1. The highest BCUT2D eigenvalue weighted by molar-refractivity contribution is 5.86. The van der Waals surface area contributed by atoms with Crippen LogP contribution in [-0.4, -0.2) is 55.3 Å². The number of amides is 3. The number of carbonyl (C=O) groups excluding carboxylic acids is 3. The molecule has 0 aliphatic carbocycles. The molecule has 7 nitrogen and oxygen atoms in total. The Morgan fingerprint density at radius 2 is 2.05 bits per heavy atom. The minimum Gasteiger partial charge on any atom is -0.356 e. The largest absolute Gasteiger partial charge is 0.356 e. The zero-order valence-corrected chi connectivity index (χ0v) is 12.7. The maximum Gasteiger partial charge on any atom is 0.241 e. The first-order valence-corrected chi connectivity index (χ1v) is 7.60. The molecule has 1 fully saturated rings. The first-order chi connectivity index (χ1) is 10.1. The van der Waals surface area contributed by atoms with Crippen LogP contribution in [0.4, 0.5) is 0 Å². The highest BCUT2D eigenvalue weighted by Gasteiger charge is 2.28. The van der Waals surface area contributed by atoms with E-state index in [0.29, 0.717) is 19.6 Å². The van der Waals surface area contributed by atoms with E-state index < -0.39 is 0 Å². The molecular weight excluding hydrogens is 272 g/mol. The molecule has 0 aromatic heterocycles. The molecule has 1 unspecified atom stereocenters. The lowest BCUT2D eigenvalue weighted by Gasteiger charge is -2.32. The van der Waals surface area contributed by atoms with Crippen molar-refractivity contribution in [2.24, 2.45) is 11.7 Å². The van der Waals surface area contributed by atoms with E-state index in [1.54, 1.807) is 4.90 Å². The van der Waals surface area contributed by atoms with Crippen molar-refractivity contribution in [2.45, 2.75) is 32.6 Å². The third-order valence-corrected chi connectivity index (χ3v) is 3.60. The smallest absolute Gasteiger partial charge is 0.241 e. The van der Waals surface area contributed by atoms with Gasteiger partial charge in [-0.1, -0.05) is 13.3 Å². The molecule has 1 atom stereocenters. The summed E-state index contributed by atoms with van der Waals surface area (Å²) >= 11 is 0. The van der Waals surface area contributed by atoms with Gasteiger partial charge in [0.25, 0.3) is 0 Å². The van der Waals surface area contributed by atoms with Crippen LogP contribution in [0.5, 0.6) is 0 Å². The van der Waals surface area contributed by atoms with Crippen LogP contribution in [0.3, 0.4) is 0 Å². The Labute approximate surface area is 125 Å². The molecule has 3 amide bonds. The molecule has 4 N–H and O–H groups in total. The maximum atomic E-state index is 12.0. The van der Waals surface area contributed by atoms with Crippen LogP contribution >= 0.6 is 0 Å². The number of hydrogen-bond donors (Lipinski definition) is 3. The second-order valence-electron chi connectivity index (χ2n) is 5.30. The molecular formula is C14H26N4O3. The minimum atomic E-state index is -0.353. The minimum absolute atomic E-state index is 0.0203. The van der Waals surface area contributed by atoms with Gasteiger partial charge in [0, 0.05) is 19.6 Å². The fourth-order valence-corrected chi connectivity index (χ4v) is 2.31. The fourth-order valence-electron chi connectivity index (χ4n) is 2.31. The highest BCUT2D eigenvalue weighted by Crippen LogP contribution is 2.16. The van der Waals surface area contributed by atoms with Gasteiger partial charge in [0.1, 0.15) is 0 Å². The van der Waals surface area contributed by atoms with E-state index in [9.17, 15) is 14.4 Å². The first-order valence-electron chi connectivity index (χ1n) is 7.60. The summed E-state index contributed by atoms with van der Waals surface area (Å²) in [6.45, 7) is 3.64. The number of rotatable bonds is 7. The number of piperidine rings is 1. The van der Waals surface area contributed by atoms with E-state index in [0.717, 1.165) is 25.7 Å². The van der Waals surface area contributed by atoms with E-state index in [-0.39, 0.29) is 36.7 Å². The van der Waals surface area contributed by atoms with Gasteiger partial charge in [0.2, 0.25) is 17.7 Å². The lowest BCUT2D eigenvalue weighted by molar-refractivity contribution is -0.136. The number of nitrogens with one attached hydrogen (secondary N) is 2. The maximum absolute atomic E-state index is 12.0. The monoisotopic (exact) mass is 298 g/mol. The molecule has 1 aliphatic rings. The molecule has 0 bridgehead atoms. The summed E-state index contributed by atoms with van der Waals surface area (Å²) < 4.78 is 0. The van der Waals surface area contributed by atoms with E-state index >= 15 is 0 Å². The van der Waals surface area contributed by atoms with Crippen molar-refractivity contribution in [1.82, 2.24) is 15.5 Å². The van der Waals surface area contributed by atoms with Crippen LogP contribution in [0.15, 0.2) is 0 Å². The molecule has 7 heteroatoms. The zero-order chi connectivity index (χ0) is 15.7. The van der Waals surface area contributed by atoms with Crippen molar-refractivity contribution >= 4 is 17.7 Å². The summed E-state index contributed by atoms with van der Waals surface area (Å²) in [5.41, 5.74) is 5.17. The van der Waals surface area contributed by atoms with Gasteiger partial charge in [-0.25, -0.2) is 0 Å². The predicted octanol–water partition coefficient (Wildman–Crippen LogP) is -0.784. The summed E-state index contributed by atoms with van der Waals surface area (Å²) in [5, 5.41) is 5.37. The van der Waals surface area contributed by atoms with Crippen LogP contribution in [0.25, 0.3) is 0 Å². The van der Waals surface area contributed by atoms with E-state index in [4.69, 9.17) is 5.73 Å². The summed E-state index contributed by atoms with van der Waals surface area (Å²) in [5.74, 6) is -0.645. The average Bonchev–Trinajstić information content (AvgIpc) is 2.52. The van der Waals surface area contributed by atoms with Gasteiger partial charge >= 0.3 is 0 Å². The van der Waals surface area contributed by atoms with Crippen molar-refractivity contribution in [3.63, 3.8) is 0 Å². The van der Waals surface area contributed by atoms with Gasteiger partial charge in [-0.3, -0.25) is 14.4 Å². The normalized spacial score (nSPS) is 18.2. The molecule has 0 radical (unpaired) electrons. The van der Waals surface area contributed by atoms with Crippen molar-refractivity contribution in [1.29, 1.82) is 0 Å². The Bertz CT molecular complexity index is 373. The van der Waals surface area contributed by atoms with Gasteiger partial charge < -0.3 is 21.3 Å². The van der Waals surface area contributed by atoms with Crippen LogP contribution in [0.2, 0.25) is 0 Å². The Kier molecular flexibility index (Phi) is 7.74. The summed E-state index contributed by atoms with van der Waals surface area (Å²) in [6.07, 6.45) is 3.61. The molecule has 0 spiro atoms. The molecule has 1 rings (SSSR count). The Balaban J connectivity index is 2.38. The van der Waals surface area contributed by atoms with Crippen molar-refractivity contribution in [2.75, 3.05) is 32.7 Å². The van der Waals surface area contributed by atoms with Gasteiger partial charge in [0.05, 0.1) is 19.0 Å².